The van der Waals surface area contributed by atoms with Gasteiger partial charge in [-0.05, 0) is 6.42 Å². The highest BCUT2D eigenvalue weighted by Gasteiger charge is 2.20. The van der Waals surface area contributed by atoms with Gasteiger partial charge in [0.2, 0.25) is 0 Å². The first-order chi connectivity index (χ1) is 5.79. The van der Waals surface area contributed by atoms with E-state index in [4.69, 9.17) is 10.2 Å². The van der Waals surface area contributed by atoms with Crippen molar-refractivity contribution in [3.8, 4) is 0 Å². The van der Waals surface area contributed by atoms with Crippen molar-refractivity contribution in [2.45, 2.75) is 38.6 Å². The molecule has 0 radical (unpaired) electrons. The van der Waals surface area contributed by atoms with Crippen LogP contribution < -0.4 is 5.73 Å². The maximum absolute atomic E-state index is 5.82. The van der Waals surface area contributed by atoms with Gasteiger partial charge < -0.3 is 10.2 Å². The van der Waals surface area contributed by atoms with Crippen LogP contribution >= 0.6 is 0 Å². The predicted octanol–water partition coefficient (Wildman–Crippen LogP) is 1.05. The van der Waals surface area contributed by atoms with Crippen molar-refractivity contribution in [2.24, 2.45) is 5.73 Å². The largest absolute Gasteiger partial charge is 0.445 e. The summed E-state index contributed by atoms with van der Waals surface area (Å²) in [6, 6.07) is 0.285. The number of nitrogens with two attached hydrogens (primary N) is 1. The van der Waals surface area contributed by atoms with Gasteiger partial charge in [-0.1, -0.05) is 6.92 Å². The smallest absolute Gasteiger partial charge is 0.194 e. The molecule has 12 heavy (non-hydrogen) atoms. The molecule has 2 rings (SSSR count). The molecule has 66 valence electrons. The molecule has 1 aromatic heterocycles. The second-order valence-corrected chi connectivity index (χ2v) is 3.33. The number of oxazole rings is 1. The van der Waals surface area contributed by atoms with E-state index in [0.29, 0.717) is 0 Å². The SMILES string of the molecule is CCc1nc2c(o1)CCC(N)C2. The summed E-state index contributed by atoms with van der Waals surface area (Å²) in [5.41, 5.74) is 6.91. The van der Waals surface area contributed by atoms with Crippen LogP contribution in [0.2, 0.25) is 0 Å². The minimum Gasteiger partial charge on any atom is -0.445 e. The van der Waals surface area contributed by atoms with Crippen LogP contribution in [0.3, 0.4) is 0 Å². The summed E-state index contributed by atoms with van der Waals surface area (Å²) in [4.78, 5) is 4.37. The number of rotatable bonds is 1. The first kappa shape index (κ1) is 7.80. The second kappa shape index (κ2) is 2.90. The number of aromatic nitrogens is 1. The fourth-order valence-corrected chi connectivity index (χ4v) is 1.61. The van der Waals surface area contributed by atoms with Crippen molar-refractivity contribution in [3.05, 3.63) is 17.3 Å². The minimum absolute atomic E-state index is 0.285. The molecule has 3 nitrogen and oxygen atoms in total. The van der Waals surface area contributed by atoms with Gasteiger partial charge in [-0.15, -0.1) is 0 Å². The number of aryl methyl sites for hydroxylation is 2. The van der Waals surface area contributed by atoms with Crippen molar-refractivity contribution in [2.75, 3.05) is 0 Å². The Morgan fingerprint density at radius 2 is 2.50 bits per heavy atom. The fraction of sp³-hybridized carbons (Fsp3) is 0.667. The Balaban J connectivity index is 2.28. The topological polar surface area (TPSA) is 52.0 Å². The van der Waals surface area contributed by atoms with E-state index in [1.165, 1.54) is 0 Å². The molecule has 1 aliphatic carbocycles. The average molecular weight is 166 g/mol. The lowest BCUT2D eigenvalue weighted by molar-refractivity contribution is 0.430. The Hall–Kier alpha value is -0.830. The van der Waals surface area contributed by atoms with Crippen LogP contribution in [0.5, 0.6) is 0 Å². The quantitative estimate of drug-likeness (QED) is 0.678. The van der Waals surface area contributed by atoms with Gasteiger partial charge in [0.25, 0.3) is 0 Å². The van der Waals surface area contributed by atoms with Crippen LogP contribution in [0.1, 0.15) is 30.7 Å². The summed E-state index contributed by atoms with van der Waals surface area (Å²) in [6.07, 6.45) is 3.76. The molecule has 1 heterocycles. The van der Waals surface area contributed by atoms with Crippen molar-refractivity contribution < 1.29 is 4.42 Å². The van der Waals surface area contributed by atoms with Crippen molar-refractivity contribution in [1.29, 1.82) is 0 Å². The van der Waals surface area contributed by atoms with E-state index in [1.54, 1.807) is 0 Å². The number of hydrogen-bond donors (Lipinski definition) is 1. The van der Waals surface area contributed by atoms with E-state index in [-0.39, 0.29) is 6.04 Å². The van der Waals surface area contributed by atoms with Crippen LogP contribution in [-0.2, 0) is 19.3 Å². The lowest BCUT2D eigenvalue weighted by Crippen LogP contribution is -2.27. The van der Waals surface area contributed by atoms with Crippen LogP contribution in [0.4, 0.5) is 0 Å². The molecule has 0 amide bonds. The Labute approximate surface area is 72.0 Å². The molecule has 1 aromatic rings. The van der Waals surface area contributed by atoms with Gasteiger partial charge in [-0.25, -0.2) is 4.98 Å². The predicted molar refractivity (Wildman–Crippen MR) is 45.9 cm³/mol. The van der Waals surface area contributed by atoms with Crippen LogP contribution in [0.25, 0.3) is 0 Å². The van der Waals surface area contributed by atoms with E-state index >= 15 is 0 Å². The van der Waals surface area contributed by atoms with Crippen LogP contribution in [0.15, 0.2) is 4.42 Å². The zero-order valence-electron chi connectivity index (χ0n) is 7.34. The molecule has 0 saturated heterocycles. The Kier molecular flexibility index (Phi) is 1.89. The summed E-state index contributed by atoms with van der Waals surface area (Å²) in [5, 5.41) is 0. The monoisotopic (exact) mass is 166 g/mol. The summed E-state index contributed by atoms with van der Waals surface area (Å²) in [7, 11) is 0. The van der Waals surface area contributed by atoms with Gasteiger partial charge in [-0.2, -0.15) is 0 Å². The van der Waals surface area contributed by atoms with E-state index in [2.05, 4.69) is 11.9 Å². The van der Waals surface area contributed by atoms with Gasteiger partial charge in [0.1, 0.15) is 5.76 Å². The van der Waals surface area contributed by atoms with E-state index in [1.807, 2.05) is 0 Å². The van der Waals surface area contributed by atoms with Gasteiger partial charge >= 0.3 is 0 Å². The van der Waals surface area contributed by atoms with Crippen molar-refractivity contribution >= 4 is 0 Å². The highest BCUT2D eigenvalue weighted by molar-refractivity contribution is 5.15. The number of nitrogens with zero attached hydrogens (tertiary/aromatic N) is 1. The van der Waals surface area contributed by atoms with Crippen molar-refractivity contribution in [3.63, 3.8) is 0 Å². The molecule has 1 aliphatic rings. The molecule has 0 saturated carbocycles. The molecule has 0 fully saturated rings. The van der Waals surface area contributed by atoms with Crippen LogP contribution in [0, 0.1) is 0 Å². The Morgan fingerprint density at radius 3 is 3.25 bits per heavy atom. The number of hydrogen-bond acceptors (Lipinski definition) is 3. The maximum atomic E-state index is 5.82. The molecular weight excluding hydrogens is 152 g/mol. The first-order valence-electron chi connectivity index (χ1n) is 4.52. The molecule has 1 unspecified atom stereocenters. The maximum Gasteiger partial charge on any atom is 0.194 e. The van der Waals surface area contributed by atoms with E-state index < -0.39 is 0 Å². The first-order valence-corrected chi connectivity index (χ1v) is 4.52. The molecule has 0 spiro atoms. The van der Waals surface area contributed by atoms with Crippen molar-refractivity contribution in [1.82, 2.24) is 4.98 Å². The zero-order chi connectivity index (χ0) is 8.55. The molecule has 1 atom stereocenters. The van der Waals surface area contributed by atoms with E-state index in [0.717, 1.165) is 43.0 Å². The summed E-state index contributed by atoms with van der Waals surface area (Å²) in [5.74, 6) is 1.92. The number of fused-ring (bicyclic) bond motifs is 1. The lowest BCUT2D eigenvalue weighted by atomic mass is 9.98. The molecule has 0 aromatic carbocycles. The molecule has 0 bridgehead atoms. The highest BCUT2D eigenvalue weighted by atomic mass is 16.4. The summed E-state index contributed by atoms with van der Waals surface area (Å²) >= 11 is 0. The third kappa shape index (κ3) is 1.25. The van der Waals surface area contributed by atoms with Gasteiger partial charge in [0.15, 0.2) is 5.89 Å². The minimum atomic E-state index is 0.285. The third-order valence-corrected chi connectivity index (χ3v) is 2.32. The second-order valence-electron chi connectivity index (χ2n) is 3.33. The summed E-state index contributed by atoms with van der Waals surface area (Å²) < 4.78 is 5.54. The average Bonchev–Trinajstić information content (AvgIpc) is 2.46. The molecule has 0 aliphatic heterocycles. The molecule has 3 heteroatoms. The van der Waals surface area contributed by atoms with Crippen LogP contribution in [-0.4, -0.2) is 11.0 Å². The van der Waals surface area contributed by atoms with Gasteiger partial charge in [0, 0.05) is 25.3 Å². The van der Waals surface area contributed by atoms with Gasteiger partial charge in [0.05, 0.1) is 5.69 Å². The highest BCUT2D eigenvalue weighted by Crippen LogP contribution is 2.21. The van der Waals surface area contributed by atoms with E-state index in [9.17, 15) is 0 Å². The summed E-state index contributed by atoms with van der Waals surface area (Å²) in [6.45, 7) is 2.05. The Bertz CT molecular complexity index is 280. The fourth-order valence-electron chi connectivity index (χ4n) is 1.61. The Morgan fingerprint density at radius 1 is 1.67 bits per heavy atom. The molecule has 2 N–H and O–H groups in total. The zero-order valence-corrected chi connectivity index (χ0v) is 7.34. The standard InChI is InChI=1S/C9H14N2O/c1-2-9-11-7-5-6(10)3-4-8(7)12-9/h6H,2-5,10H2,1H3. The molecular formula is C9H14N2O. The lowest BCUT2D eigenvalue weighted by Gasteiger charge is -2.14. The normalized spacial score (nSPS) is 22.3. The van der Waals surface area contributed by atoms with Gasteiger partial charge in [-0.3, -0.25) is 0 Å². The third-order valence-electron chi connectivity index (χ3n) is 2.32.